The first-order chi connectivity index (χ1) is 16.2. The van der Waals surface area contributed by atoms with Crippen molar-refractivity contribution in [3.8, 4) is 0 Å². The third-order valence-electron chi connectivity index (χ3n) is 6.24. The molecular formula is C27H33N3O4. The van der Waals surface area contributed by atoms with Crippen molar-refractivity contribution in [1.82, 2.24) is 9.80 Å². The number of likely N-dealkylation sites (tertiary alicyclic amines) is 1. The second-order valence-corrected chi connectivity index (χ2v) is 8.92. The van der Waals surface area contributed by atoms with Gasteiger partial charge in [0, 0.05) is 43.9 Å². The van der Waals surface area contributed by atoms with Crippen molar-refractivity contribution in [2.75, 3.05) is 25.0 Å². The number of benzene rings is 2. The minimum absolute atomic E-state index is 0.0810. The lowest BCUT2D eigenvalue weighted by atomic mass is 9.90. The van der Waals surface area contributed by atoms with Crippen molar-refractivity contribution in [3.05, 3.63) is 78.0 Å². The molecule has 1 heterocycles. The molecule has 0 aromatic heterocycles. The van der Waals surface area contributed by atoms with E-state index in [2.05, 4.69) is 11.9 Å². The molecule has 7 nitrogen and oxygen atoms in total. The first-order valence-electron chi connectivity index (χ1n) is 11.6. The molecule has 1 fully saturated rings. The lowest BCUT2D eigenvalue weighted by Gasteiger charge is -2.40. The number of carbonyl (C=O) groups is 3. The fourth-order valence-corrected chi connectivity index (χ4v) is 4.26. The van der Waals surface area contributed by atoms with Crippen LogP contribution in [0.15, 0.2) is 61.3 Å². The average Bonchev–Trinajstić information content (AvgIpc) is 2.81. The Morgan fingerprint density at radius 3 is 2.41 bits per heavy atom. The van der Waals surface area contributed by atoms with Crippen molar-refractivity contribution in [3.63, 3.8) is 0 Å². The van der Waals surface area contributed by atoms with Crippen LogP contribution in [0.1, 0.15) is 47.7 Å². The van der Waals surface area contributed by atoms with Crippen LogP contribution in [0.5, 0.6) is 0 Å². The van der Waals surface area contributed by atoms with Crippen molar-refractivity contribution >= 4 is 23.4 Å². The van der Waals surface area contributed by atoms with E-state index in [1.54, 1.807) is 30.0 Å². The van der Waals surface area contributed by atoms with E-state index in [9.17, 15) is 19.5 Å². The summed E-state index contributed by atoms with van der Waals surface area (Å²) in [6.07, 6.45) is 3.34. The van der Waals surface area contributed by atoms with E-state index >= 15 is 0 Å². The second-order valence-electron chi connectivity index (χ2n) is 8.92. The van der Waals surface area contributed by atoms with Crippen molar-refractivity contribution < 1.29 is 19.5 Å². The van der Waals surface area contributed by atoms with Crippen LogP contribution in [0.3, 0.4) is 0 Å². The average molecular weight is 464 g/mol. The largest absolute Gasteiger partial charge is 0.388 e. The summed E-state index contributed by atoms with van der Waals surface area (Å²) in [4.78, 5) is 40.2. The van der Waals surface area contributed by atoms with Gasteiger partial charge in [-0.3, -0.25) is 14.4 Å². The monoisotopic (exact) mass is 463 g/mol. The number of anilines is 1. The molecule has 3 amide bonds. The quantitative estimate of drug-likeness (QED) is 0.627. The molecule has 2 aromatic carbocycles. The van der Waals surface area contributed by atoms with Gasteiger partial charge >= 0.3 is 0 Å². The lowest BCUT2D eigenvalue weighted by Crippen LogP contribution is -2.52. The van der Waals surface area contributed by atoms with E-state index < -0.39 is 5.60 Å². The predicted molar refractivity (Wildman–Crippen MR) is 132 cm³/mol. The van der Waals surface area contributed by atoms with Gasteiger partial charge in [0.25, 0.3) is 5.91 Å². The zero-order valence-electron chi connectivity index (χ0n) is 19.9. The van der Waals surface area contributed by atoms with Crippen molar-refractivity contribution in [2.24, 2.45) is 0 Å². The highest BCUT2D eigenvalue weighted by atomic mass is 16.3. The molecule has 34 heavy (non-hydrogen) atoms. The van der Waals surface area contributed by atoms with Crippen molar-refractivity contribution in [1.29, 1.82) is 0 Å². The maximum atomic E-state index is 13.1. The summed E-state index contributed by atoms with van der Waals surface area (Å²) in [5.41, 5.74) is 1.85. The zero-order valence-corrected chi connectivity index (χ0v) is 19.9. The summed E-state index contributed by atoms with van der Waals surface area (Å²) < 4.78 is 0. The van der Waals surface area contributed by atoms with Gasteiger partial charge < -0.3 is 20.2 Å². The van der Waals surface area contributed by atoms with E-state index in [0.717, 1.165) is 5.56 Å². The van der Waals surface area contributed by atoms with Crippen LogP contribution in [0.2, 0.25) is 0 Å². The minimum atomic E-state index is -1.09. The molecule has 2 aromatic rings. The second kappa shape index (κ2) is 11.1. The van der Waals surface area contributed by atoms with E-state index in [1.807, 2.05) is 30.3 Å². The third kappa shape index (κ3) is 6.54. The van der Waals surface area contributed by atoms with Gasteiger partial charge in [0.05, 0.1) is 12.1 Å². The van der Waals surface area contributed by atoms with Crippen molar-refractivity contribution in [2.45, 2.75) is 45.1 Å². The third-order valence-corrected chi connectivity index (χ3v) is 6.24. The van der Waals surface area contributed by atoms with Gasteiger partial charge in [-0.05, 0) is 55.5 Å². The van der Waals surface area contributed by atoms with Gasteiger partial charge in [0.15, 0.2) is 0 Å². The topological polar surface area (TPSA) is 89.9 Å². The van der Waals surface area contributed by atoms with Crippen LogP contribution >= 0.6 is 0 Å². The van der Waals surface area contributed by atoms with Crippen LogP contribution in [0.25, 0.3) is 0 Å². The molecule has 7 heteroatoms. The molecule has 0 radical (unpaired) electrons. The number of rotatable bonds is 8. The normalized spacial score (nSPS) is 14.9. The molecule has 1 aliphatic rings. The number of carbonyl (C=O) groups excluding carboxylic acids is 3. The molecule has 180 valence electrons. The Balaban J connectivity index is 1.57. The highest BCUT2D eigenvalue weighted by Crippen LogP contribution is 2.26. The highest BCUT2D eigenvalue weighted by Gasteiger charge is 2.36. The Hall–Kier alpha value is -3.45. The number of hydrogen-bond acceptors (Lipinski definition) is 4. The van der Waals surface area contributed by atoms with Crippen LogP contribution in [0.4, 0.5) is 5.69 Å². The number of nitrogens with one attached hydrogen (secondary N) is 1. The summed E-state index contributed by atoms with van der Waals surface area (Å²) in [7, 11) is 0. The number of amides is 3. The highest BCUT2D eigenvalue weighted by molar-refractivity contribution is 5.97. The standard InChI is InChI=1S/C27H33N3O4/c1-4-29(26(33)24-12-11-23(18-20(24)2)28-21(3)31)19-27(34)14-16-30(17-15-27)25(32)13-10-22-8-6-5-7-9-22/h4-9,11-12,18,34H,1,10,13-17,19H2,2-3H3,(H,28,31). The summed E-state index contributed by atoms with van der Waals surface area (Å²) >= 11 is 0. The Kier molecular flexibility index (Phi) is 8.23. The molecule has 0 unspecified atom stereocenters. The van der Waals surface area contributed by atoms with Gasteiger partial charge in [0.1, 0.15) is 0 Å². The van der Waals surface area contributed by atoms with Gasteiger partial charge in [-0.2, -0.15) is 0 Å². The van der Waals surface area contributed by atoms with E-state index in [0.29, 0.717) is 55.6 Å². The summed E-state index contributed by atoms with van der Waals surface area (Å²) in [5, 5.41) is 13.9. The molecular weight excluding hydrogens is 430 g/mol. The SMILES string of the molecule is C=CN(CC1(O)CCN(C(=O)CCc2ccccc2)CC1)C(=O)c1ccc(NC(C)=O)cc1C. The van der Waals surface area contributed by atoms with Crippen LogP contribution in [-0.2, 0) is 16.0 Å². The minimum Gasteiger partial charge on any atom is -0.388 e. The smallest absolute Gasteiger partial charge is 0.258 e. The lowest BCUT2D eigenvalue weighted by molar-refractivity contribution is -0.135. The maximum Gasteiger partial charge on any atom is 0.258 e. The fraction of sp³-hybridized carbons (Fsp3) is 0.370. The van der Waals surface area contributed by atoms with Gasteiger partial charge in [-0.15, -0.1) is 0 Å². The predicted octanol–water partition coefficient (Wildman–Crippen LogP) is 3.53. The molecule has 0 atom stereocenters. The number of aliphatic hydroxyl groups is 1. The van der Waals surface area contributed by atoms with E-state index in [4.69, 9.17) is 0 Å². The van der Waals surface area contributed by atoms with Gasteiger partial charge in [0.2, 0.25) is 11.8 Å². The zero-order chi connectivity index (χ0) is 24.7. The Labute approximate surface area is 201 Å². The fourth-order valence-electron chi connectivity index (χ4n) is 4.26. The maximum absolute atomic E-state index is 13.1. The molecule has 0 spiro atoms. The number of aryl methyl sites for hydroxylation is 2. The Bertz CT molecular complexity index is 1040. The molecule has 1 aliphatic heterocycles. The molecule has 0 aliphatic carbocycles. The summed E-state index contributed by atoms with van der Waals surface area (Å²) in [6.45, 7) is 8.00. The molecule has 3 rings (SSSR count). The number of nitrogens with zero attached hydrogens (tertiary/aromatic N) is 2. The van der Waals surface area contributed by atoms with Crippen LogP contribution in [0, 0.1) is 6.92 Å². The summed E-state index contributed by atoms with van der Waals surface area (Å²) in [6, 6.07) is 15.0. The summed E-state index contributed by atoms with van der Waals surface area (Å²) in [5.74, 6) is -0.368. The molecule has 1 saturated heterocycles. The Morgan fingerprint density at radius 1 is 1.15 bits per heavy atom. The van der Waals surface area contributed by atoms with Crippen LogP contribution < -0.4 is 5.32 Å². The number of piperidine rings is 1. The Morgan fingerprint density at radius 2 is 1.82 bits per heavy atom. The number of hydrogen-bond donors (Lipinski definition) is 2. The first-order valence-corrected chi connectivity index (χ1v) is 11.6. The molecule has 0 bridgehead atoms. The molecule has 0 saturated carbocycles. The van der Waals surface area contributed by atoms with E-state index in [1.165, 1.54) is 18.0 Å². The van der Waals surface area contributed by atoms with Crippen LogP contribution in [-0.4, -0.2) is 57.9 Å². The van der Waals surface area contributed by atoms with Gasteiger partial charge in [-0.1, -0.05) is 36.9 Å². The molecule has 2 N–H and O–H groups in total. The first kappa shape index (κ1) is 25.2. The van der Waals surface area contributed by atoms with Gasteiger partial charge in [-0.25, -0.2) is 0 Å². The van der Waals surface area contributed by atoms with E-state index in [-0.39, 0.29) is 24.3 Å².